The van der Waals surface area contributed by atoms with Crippen molar-refractivity contribution in [3.63, 3.8) is 0 Å². The first-order valence-corrected chi connectivity index (χ1v) is 25.8. The van der Waals surface area contributed by atoms with E-state index in [0.29, 0.717) is 36.8 Å². The average molecular weight is 819 g/mol. The van der Waals surface area contributed by atoms with Crippen molar-refractivity contribution in [2.45, 2.75) is 227 Å². The molecule has 0 heterocycles. The molecule has 1 N–H and O–H groups in total. The number of unbranched alkanes of at least 4 members (excludes halogenated alkanes) is 17. The second-order valence-corrected chi connectivity index (χ2v) is 20.9. The van der Waals surface area contributed by atoms with Gasteiger partial charge in [-0.1, -0.05) is 208 Å². The van der Waals surface area contributed by atoms with Crippen molar-refractivity contribution in [3.8, 4) is 0 Å². The monoisotopic (exact) mass is 819 g/mol. The number of hydrogen-bond acceptors (Lipinski definition) is 5. The Morgan fingerprint density at radius 1 is 0.482 bits per heavy atom. The molecule has 0 rings (SSSR count). The van der Waals surface area contributed by atoms with E-state index >= 15 is 0 Å². The maximum Gasteiger partial charge on any atom is 0.472 e. The Morgan fingerprint density at radius 3 is 1.32 bits per heavy atom. The summed E-state index contributed by atoms with van der Waals surface area (Å²) in [4.78, 5) is 10.3. The summed E-state index contributed by atoms with van der Waals surface area (Å²) in [6.45, 7) is 16.5. The average Bonchev–Trinajstić information content (AvgIpc) is 3.12. The second-order valence-electron chi connectivity index (χ2n) is 19.5. The van der Waals surface area contributed by atoms with Gasteiger partial charge in [-0.15, -0.1) is 0 Å². The van der Waals surface area contributed by atoms with Gasteiger partial charge >= 0.3 is 7.82 Å². The van der Waals surface area contributed by atoms with E-state index in [1.165, 1.54) is 167 Å². The third kappa shape index (κ3) is 42.1. The van der Waals surface area contributed by atoms with E-state index in [1.54, 1.807) is 0 Å². The lowest BCUT2D eigenvalue weighted by molar-refractivity contribution is -0.870. The van der Waals surface area contributed by atoms with Gasteiger partial charge in [0.2, 0.25) is 0 Å². The first-order valence-electron chi connectivity index (χ1n) is 24.4. The standard InChI is InChI=1S/C48H100NO6P/c1-10-11-12-13-14-15-16-17-18-19-20-21-22-23-24-25-26-27-39-52-42-48(43-55-56(50,51)54-41-38-49(7,8)9)53-40-37-47(6)36-30-35-46(5)34-29-33-45(4)32-28-31-44(2)3/h44-48H,10-43H2,1-9H3/p+1/t45-,46-,47+,48-/m1/s1. The molecule has 0 saturated heterocycles. The van der Waals surface area contributed by atoms with Crippen LogP contribution in [0.1, 0.15) is 221 Å². The number of ether oxygens (including phenoxy) is 2. The highest BCUT2D eigenvalue weighted by Crippen LogP contribution is 2.43. The predicted molar refractivity (Wildman–Crippen MR) is 242 cm³/mol. The zero-order valence-corrected chi connectivity index (χ0v) is 40.2. The van der Waals surface area contributed by atoms with Crippen LogP contribution in [0.25, 0.3) is 0 Å². The van der Waals surface area contributed by atoms with Gasteiger partial charge in [-0.2, -0.15) is 0 Å². The van der Waals surface area contributed by atoms with E-state index < -0.39 is 13.9 Å². The SMILES string of the molecule is CCCCCCCCCCCCCCCCCCCCOC[C@H](COP(=O)(O)OCC[N+](C)(C)C)OCC[C@@H](C)CCC[C@H](C)CCC[C@H](C)CCCC(C)C. The van der Waals surface area contributed by atoms with Crippen LogP contribution < -0.4 is 0 Å². The third-order valence-corrected chi connectivity index (χ3v) is 12.6. The summed E-state index contributed by atoms with van der Waals surface area (Å²) in [7, 11) is 1.91. The Balaban J connectivity index is 4.25. The number of phosphoric acid groups is 1. The molecule has 0 aliphatic carbocycles. The van der Waals surface area contributed by atoms with Gasteiger partial charge in [-0.05, 0) is 36.5 Å². The van der Waals surface area contributed by atoms with Crippen LogP contribution in [0.4, 0.5) is 0 Å². The summed E-state index contributed by atoms with van der Waals surface area (Å²) in [6, 6.07) is 0. The molecule has 0 fully saturated rings. The number of rotatable bonds is 44. The molecule has 0 amide bonds. The van der Waals surface area contributed by atoms with E-state index in [1.807, 2.05) is 21.1 Å². The Labute approximate surface area is 351 Å². The molecular formula is C48H101NO6P+. The largest absolute Gasteiger partial charge is 0.472 e. The number of likely N-dealkylation sites (N-methyl/N-ethyl adjacent to an activating group) is 1. The van der Waals surface area contributed by atoms with Crippen LogP contribution in [0.15, 0.2) is 0 Å². The molecule has 0 saturated carbocycles. The summed E-state index contributed by atoms with van der Waals surface area (Å²) in [6.07, 6.45) is 37.1. The highest BCUT2D eigenvalue weighted by atomic mass is 31.2. The third-order valence-electron chi connectivity index (χ3n) is 11.6. The molecule has 0 aliphatic heterocycles. The van der Waals surface area contributed by atoms with E-state index in [0.717, 1.165) is 30.6 Å². The lowest BCUT2D eigenvalue weighted by atomic mass is 9.91. The molecule has 0 radical (unpaired) electrons. The summed E-state index contributed by atoms with van der Waals surface area (Å²) in [5, 5.41) is 0. The fourth-order valence-corrected chi connectivity index (χ4v) is 8.22. The minimum absolute atomic E-state index is 0.0144. The highest BCUT2D eigenvalue weighted by Gasteiger charge is 2.25. The van der Waals surface area contributed by atoms with E-state index in [-0.39, 0.29) is 13.2 Å². The van der Waals surface area contributed by atoms with Crippen LogP contribution >= 0.6 is 7.82 Å². The Bertz CT molecular complexity index is 867. The molecule has 1 unspecified atom stereocenters. The maximum absolute atomic E-state index is 12.6. The Hall–Kier alpha value is -0.0100. The quantitative estimate of drug-likeness (QED) is 0.0375. The molecular weight excluding hydrogens is 718 g/mol. The summed E-state index contributed by atoms with van der Waals surface area (Å²) < 4.78 is 36.1. The Morgan fingerprint density at radius 2 is 0.893 bits per heavy atom. The molecule has 0 aromatic rings. The van der Waals surface area contributed by atoms with Crippen LogP contribution in [0.2, 0.25) is 0 Å². The zero-order valence-electron chi connectivity index (χ0n) is 39.3. The second kappa shape index (κ2) is 38.0. The van der Waals surface area contributed by atoms with Crippen molar-refractivity contribution in [3.05, 3.63) is 0 Å². The smallest absolute Gasteiger partial charge is 0.379 e. The van der Waals surface area contributed by atoms with E-state index in [9.17, 15) is 9.46 Å². The zero-order chi connectivity index (χ0) is 41.8. The molecule has 338 valence electrons. The number of phosphoric ester groups is 1. The van der Waals surface area contributed by atoms with Crippen molar-refractivity contribution in [1.82, 2.24) is 0 Å². The molecule has 0 aliphatic rings. The van der Waals surface area contributed by atoms with Crippen LogP contribution in [-0.2, 0) is 23.1 Å². The van der Waals surface area contributed by atoms with E-state index in [4.69, 9.17) is 18.5 Å². The van der Waals surface area contributed by atoms with Gasteiger partial charge in [-0.25, -0.2) is 4.57 Å². The molecule has 0 aromatic carbocycles. The number of hydrogen-bond donors (Lipinski definition) is 1. The first kappa shape index (κ1) is 56.0. The molecule has 0 aromatic heterocycles. The van der Waals surface area contributed by atoms with Crippen LogP contribution in [0.5, 0.6) is 0 Å². The molecule has 8 heteroatoms. The van der Waals surface area contributed by atoms with Gasteiger partial charge in [0.05, 0.1) is 34.4 Å². The van der Waals surface area contributed by atoms with Gasteiger partial charge in [0.1, 0.15) is 19.3 Å². The molecule has 7 nitrogen and oxygen atoms in total. The fourth-order valence-electron chi connectivity index (χ4n) is 7.48. The summed E-state index contributed by atoms with van der Waals surface area (Å²) in [5.41, 5.74) is 0. The van der Waals surface area contributed by atoms with Gasteiger partial charge < -0.3 is 18.9 Å². The van der Waals surface area contributed by atoms with Gasteiger partial charge in [0.15, 0.2) is 0 Å². The van der Waals surface area contributed by atoms with Crippen molar-refractivity contribution in [2.24, 2.45) is 23.7 Å². The lowest BCUT2D eigenvalue weighted by Crippen LogP contribution is -2.37. The van der Waals surface area contributed by atoms with Crippen LogP contribution in [0.3, 0.4) is 0 Å². The minimum atomic E-state index is -4.16. The topological polar surface area (TPSA) is 74.2 Å². The minimum Gasteiger partial charge on any atom is -0.379 e. The number of nitrogens with zero attached hydrogens (tertiary/aromatic N) is 1. The lowest BCUT2D eigenvalue weighted by Gasteiger charge is -2.24. The van der Waals surface area contributed by atoms with Gasteiger partial charge in [0.25, 0.3) is 0 Å². The van der Waals surface area contributed by atoms with Crippen molar-refractivity contribution in [2.75, 3.05) is 60.7 Å². The molecule has 0 bridgehead atoms. The maximum atomic E-state index is 12.6. The van der Waals surface area contributed by atoms with E-state index in [2.05, 4.69) is 41.5 Å². The van der Waals surface area contributed by atoms with Crippen LogP contribution in [-0.4, -0.2) is 76.2 Å². The van der Waals surface area contributed by atoms with Gasteiger partial charge in [0, 0.05) is 13.2 Å². The molecule has 0 spiro atoms. The predicted octanol–water partition coefficient (Wildman–Crippen LogP) is 14.7. The molecule has 56 heavy (non-hydrogen) atoms. The highest BCUT2D eigenvalue weighted by molar-refractivity contribution is 7.47. The van der Waals surface area contributed by atoms with Crippen molar-refractivity contribution in [1.29, 1.82) is 0 Å². The molecule has 5 atom stereocenters. The number of quaternary nitrogens is 1. The van der Waals surface area contributed by atoms with Crippen LogP contribution in [0, 0.1) is 23.7 Å². The van der Waals surface area contributed by atoms with Crippen molar-refractivity contribution < 1.29 is 32.5 Å². The Kier molecular flexibility index (Phi) is 37.9. The van der Waals surface area contributed by atoms with Crippen molar-refractivity contribution >= 4 is 7.82 Å². The fraction of sp³-hybridized carbons (Fsp3) is 1.00. The summed E-state index contributed by atoms with van der Waals surface area (Å²) >= 11 is 0. The van der Waals surface area contributed by atoms with Gasteiger partial charge in [-0.3, -0.25) is 9.05 Å². The first-order chi connectivity index (χ1) is 26.7. The normalized spacial score (nSPS) is 15.6. The summed E-state index contributed by atoms with van der Waals surface area (Å²) in [5.74, 6) is 3.06.